The molecule has 0 saturated carbocycles. The molecule has 0 fully saturated rings. The van der Waals surface area contributed by atoms with Crippen LogP contribution in [0.15, 0.2) is 18.2 Å². The summed E-state index contributed by atoms with van der Waals surface area (Å²) < 4.78 is 16.4. The number of fused-ring (bicyclic) bond motifs is 1. The molecule has 1 amide bonds. The standard InChI is InChI=1S/C28H39N5O4/c1-8-18-14-20(17(4)19(9-2)25(18)37-7)27(34)30-12-11-13-33(10-3)28-31-22-16-24(36-6)23(35-5)15-21(22)26(29)32-28/h14-16H,8-13H2,1-7H3,(H,30,34)(H2,29,31,32). The fraction of sp³-hybridized carbons (Fsp3) is 0.464. The van der Waals surface area contributed by atoms with Crippen molar-refractivity contribution in [1.82, 2.24) is 15.3 Å². The third-order valence-electron chi connectivity index (χ3n) is 6.70. The van der Waals surface area contributed by atoms with Crippen LogP contribution in [0.5, 0.6) is 17.2 Å². The second-order valence-corrected chi connectivity index (χ2v) is 8.75. The van der Waals surface area contributed by atoms with E-state index in [0.29, 0.717) is 59.4 Å². The molecular weight excluding hydrogens is 470 g/mol. The molecule has 0 saturated heterocycles. The molecule has 9 heteroatoms. The van der Waals surface area contributed by atoms with Crippen molar-refractivity contribution in [1.29, 1.82) is 0 Å². The lowest BCUT2D eigenvalue weighted by molar-refractivity contribution is 0.0952. The lowest BCUT2D eigenvalue weighted by atomic mass is 9.94. The number of nitrogen functional groups attached to an aromatic ring is 1. The SMILES string of the molecule is CCc1cc(C(=O)NCCCN(CC)c2nc(N)c3cc(OC)c(OC)cc3n2)c(C)c(CC)c1OC. The summed E-state index contributed by atoms with van der Waals surface area (Å²) in [5.74, 6) is 2.89. The first kappa shape index (κ1) is 27.8. The molecule has 0 unspecified atom stereocenters. The van der Waals surface area contributed by atoms with Crippen LogP contribution < -0.4 is 30.2 Å². The Morgan fingerprint density at radius 3 is 2.30 bits per heavy atom. The average molecular weight is 510 g/mol. The predicted molar refractivity (Wildman–Crippen MR) is 148 cm³/mol. The molecule has 0 spiro atoms. The summed E-state index contributed by atoms with van der Waals surface area (Å²) in [6, 6.07) is 5.54. The van der Waals surface area contributed by atoms with Crippen LogP contribution in [-0.4, -0.2) is 56.8 Å². The van der Waals surface area contributed by atoms with Crippen molar-refractivity contribution in [3.05, 3.63) is 40.5 Å². The monoisotopic (exact) mass is 509 g/mol. The van der Waals surface area contributed by atoms with Gasteiger partial charge in [0.1, 0.15) is 11.6 Å². The zero-order valence-corrected chi connectivity index (χ0v) is 23.0. The predicted octanol–water partition coefficient (Wildman–Crippen LogP) is 4.32. The third-order valence-corrected chi connectivity index (χ3v) is 6.70. The topological polar surface area (TPSA) is 112 Å². The van der Waals surface area contributed by atoms with Gasteiger partial charge < -0.3 is 30.2 Å². The van der Waals surface area contributed by atoms with E-state index in [4.69, 9.17) is 24.9 Å². The van der Waals surface area contributed by atoms with Gasteiger partial charge in [-0.1, -0.05) is 13.8 Å². The van der Waals surface area contributed by atoms with Gasteiger partial charge in [0.2, 0.25) is 5.95 Å². The van der Waals surface area contributed by atoms with Crippen molar-refractivity contribution >= 4 is 28.6 Å². The molecule has 37 heavy (non-hydrogen) atoms. The van der Waals surface area contributed by atoms with Crippen LogP contribution in [-0.2, 0) is 12.8 Å². The third kappa shape index (κ3) is 5.81. The first-order valence-corrected chi connectivity index (χ1v) is 12.7. The van der Waals surface area contributed by atoms with Crippen LogP contribution in [0.4, 0.5) is 11.8 Å². The number of anilines is 2. The van der Waals surface area contributed by atoms with Gasteiger partial charge in [-0.05, 0) is 61.9 Å². The molecule has 0 radical (unpaired) electrons. The summed E-state index contributed by atoms with van der Waals surface area (Å²) in [6.07, 6.45) is 2.33. The summed E-state index contributed by atoms with van der Waals surface area (Å²) in [6.45, 7) is 10.1. The maximum Gasteiger partial charge on any atom is 0.251 e. The average Bonchev–Trinajstić information content (AvgIpc) is 2.91. The summed E-state index contributed by atoms with van der Waals surface area (Å²) in [4.78, 5) is 24.4. The fourth-order valence-corrected chi connectivity index (χ4v) is 4.63. The number of methoxy groups -OCH3 is 3. The Balaban J connectivity index is 1.71. The van der Waals surface area contributed by atoms with Gasteiger partial charge in [-0.15, -0.1) is 0 Å². The van der Waals surface area contributed by atoms with Gasteiger partial charge >= 0.3 is 0 Å². The van der Waals surface area contributed by atoms with Crippen LogP contribution in [0.2, 0.25) is 0 Å². The lowest BCUT2D eigenvalue weighted by Crippen LogP contribution is -2.31. The number of ether oxygens (including phenoxy) is 3. The number of hydrogen-bond acceptors (Lipinski definition) is 8. The number of benzene rings is 2. The van der Waals surface area contributed by atoms with Crippen LogP contribution >= 0.6 is 0 Å². The van der Waals surface area contributed by atoms with Crippen molar-refractivity contribution in [2.45, 2.75) is 47.0 Å². The number of aryl methyl sites for hydroxylation is 1. The van der Waals surface area contributed by atoms with Crippen molar-refractivity contribution in [2.24, 2.45) is 0 Å². The van der Waals surface area contributed by atoms with Crippen LogP contribution in [0.3, 0.4) is 0 Å². The van der Waals surface area contributed by atoms with Crippen molar-refractivity contribution in [3.8, 4) is 17.2 Å². The van der Waals surface area contributed by atoms with Gasteiger partial charge in [0.15, 0.2) is 11.5 Å². The first-order valence-electron chi connectivity index (χ1n) is 12.7. The highest BCUT2D eigenvalue weighted by atomic mass is 16.5. The molecule has 2 aromatic carbocycles. The van der Waals surface area contributed by atoms with E-state index in [1.54, 1.807) is 33.5 Å². The molecule has 0 aliphatic carbocycles. The molecule has 9 nitrogen and oxygen atoms in total. The molecule has 200 valence electrons. The van der Waals surface area contributed by atoms with Crippen LogP contribution in [0.25, 0.3) is 10.9 Å². The Kier molecular flexibility index (Phi) is 9.38. The number of aromatic nitrogens is 2. The summed E-state index contributed by atoms with van der Waals surface area (Å²) in [7, 11) is 4.85. The molecular formula is C28H39N5O4. The number of nitrogens with zero attached hydrogens (tertiary/aromatic N) is 3. The number of carbonyl (C=O) groups excluding carboxylic acids is 1. The Morgan fingerprint density at radius 2 is 1.70 bits per heavy atom. The van der Waals surface area contributed by atoms with Crippen molar-refractivity contribution < 1.29 is 19.0 Å². The maximum atomic E-state index is 13.1. The van der Waals surface area contributed by atoms with E-state index in [-0.39, 0.29) is 5.91 Å². The zero-order chi connectivity index (χ0) is 27.1. The van der Waals surface area contributed by atoms with E-state index < -0.39 is 0 Å². The number of carbonyl (C=O) groups is 1. The minimum Gasteiger partial charge on any atom is -0.496 e. The van der Waals surface area contributed by atoms with Gasteiger partial charge in [-0.25, -0.2) is 4.98 Å². The van der Waals surface area contributed by atoms with Crippen molar-refractivity contribution in [3.63, 3.8) is 0 Å². The highest BCUT2D eigenvalue weighted by molar-refractivity contribution is 5.96. The number of rotatable bonds is 12. The number of amides is 1. The van der Waals surface area contributed by atoms with E-state index in [0.717, 1.165) is 41.7 Å². The second kappa shape index (κ2) is 12.5. The zero-order valence-electron chi connectivity index (χ0n) is 23.0. The van der Waals surface area contributed by atoms with E-state index in [1.165, 1.54) is 0 Å². The lowest BCUT2D eigenvalue weighted by Gasteiger charge is -2.22. The molecule has 3 rings (SSSR count). The molecule has 0 aliphatic rings. The summed E-state index contributed by atoms with van der Waals surface area (Å²) in [5, 5.41) is 3.78. The quantitative estimate of drug-likeness (QED) is 0.347. The highest BCUT2D eigenvalue weighted by Crippen LogP contribution is 2.34. The van der Waals surface area contributed by atoms with Crippen LogP contribution in [0.1, 0.15) is 54.2 Å². The number of nitrogens with one attached hydrogen (secondary N) is 1. The summed E-state index contributed by atoms with van der Waals surface area (Å²) >= 11 is 0. The molecule has 3 N–H and O–H groups in total. The number of nitrogens with two attached hydrogens (primary N) is 1. The Hall–Kier alpha value is -3.75. The van der Waals surface area contributed by atoms with Gasteiger partial charge in [-0.2, -0.15) is 4.98 Å². The molecule has 3 aromatic rings. The molecule has 0 atom stereocenters. The molecule has 0 aliphatic heterocycles. The van der Waals surface area contributed by atoms with Gasteiger partial charge in [0.05, 0.1) is 26.8 Å². The Labute approximate surface area is 219 Å². The second-order valence-electron chi connectivity index (χ2n) is 8.75. The normalized spacial score (nSPS) is 10.9. The van der Waals surface area contributed by atoms with Gasteiger partial charge in [0.25, 0.3) is 5.91 Å². The fourth-order valence-electron chi connectivity index (χ4n) is 4.63. The summed E-state index contributed by atoms with van der Waals surface area (Å²) in [5.41, 5.74) is 10.8. The largest absolute Gasteiger partial charge is 0.496 e. The van der Waals surface area contributed by atoms with E-state index in [1.807, 2.05) is 24.8 Å². The van der Waals surface area contributed by atoms with Gasteiger partial charge in [-0.3, -0.25) is 4.79 Å². The number of hydrogen-bond donors (Lipinski definition) is 2. The highest BCUT2D eigenvalue weighted by Gasteiger charge is 2.19. The van der Waals surface area contributed by atoms with E-state index in [2.05, 4.69) is 24.1 Å². The minimum absolute atomic E-state index is 0.0696. The van der Waals surface area contributed by atoms with E-state index in [9.17, 15) is 4.79 Å². The van der Waals surface area contributed by atoms with Gasteiger partial charge in [0, 0.05) is 36.7 Å². The maximum absolute atomic E-state index is 13.1. The molecule has 1 aromatic heterocycles. The Bertz CT molecular complexity index is 1260. The van der Waals surface area contributed by atoms with Crippen LogP contribution in [0, 0.1) is 6.92 Å². The Morgan fingerprint density at radius 1 is 1.00 bits per heavy atom. The minimum atomic E-state index is -0.0696. The molecule has 0 bridgehead atoms. The van der Waals surface area contributed by atoms with E-state index >= 15 is 0 Å². The smallest absolute Gasteiger partial charge is 0.251 e. The first-order chi connectivity index (χ1) is 17.8. The van der Waals surface area contributed by atoms with Crippen molar-refractivity contribution in [2.75, 3.05) is 51.6 Å². The molecule has 1 heterocycles.